The fourth-order valence-electron chi connectivity index (χ4n) is 1.83. The van der Waals surface area contributed by atoms with Crippen molar-refractivity contribution < 1.29 is 5.21 Å². The summed E-state index contributed by atoms with van der Waals surface area (Å²) in [7, 11) is 0. The van der Waals surface area contributed by atoms with Gasteiger partial charge in [-0.1, -0.05) is 25.1 Å². The van der Waals surface area contributed by atoms with E-state index in [0.29, 0.717) is 18.3 Å². The van der Waals surface area contributed by atoms with E-state index in [9.17, 15) is 0 Å². The highest BCUT2D eigenvalue weighted by Gasteiger charge is 2.09. The van der Waals surface area contributed by atoms with Gasteiger partial charge in [0.25, 0.3) is 0 Å². The predicted octanol–water partition coefficient (Wildman–Crippen LogP) is 2.09. The lowest BCUT2D eigenvalue weighted by atomic mass is 10.0. The number of rotatable bonds is 7. The van der Waals surface area contributed by atoms with Crippen molar-refractivity contribution in [3.8, 4) is 0 Å². The number of nitrogens with one attached hydrogen (secondary N) is 1. The lowest BCUT2D eigenvalue weighted by Crippen LogP contribution is -2.28. The molecular formula is C14H24N4O. The smallest absolute Gasteiger partial charge is 0.189 e. The highest BCUT2D eigenvalue weighted by Crippen LogP contribution is 2.09. The van der Waals surface area contributed by atoms with E-state index < -0.39 is 0 Å². The Morgan fingerprint density at radius 3 is 2.79 bits per heavy atom. The molecule has 0 spiro atoms. The van der Waals surface area contributed by atoms with Gasteiger partial charge in [-0.25, -0.2) is 0 Å². The van der Waals surface area contributed by atoms with E-state index in [-0.39, 0.29) is 5.84 Å². The number of pyridine rings is 1. The minimum Gasteiger partial charge on any atom is -0.409 e. The Labute approximate surface area is 114 Å². The normalized spacial score (nSPS) is 13.8. The molecule has 0 bridgehead atoms. The van der Waals surface area contributed by atoms with E-state index >= 15 is 0 Å². The van der Waals surface area contributed by atoms with Gasteiger partial charge in [0, 0.05) is 18.8 Å². The van der Waals surface area contributed by atoms with Gasteiger partial charge in [0.15, 0.2) is 5.84 Å². The van der Waals surface area contributed by atoms with Crippen molar-refractivity contribution >= 4 is 5.84 Å². The van der Waals surface area contributed by atoms with Crippen LogP contribution in [0.5, 0.6) is 0 Å². The summed E-state index contributed by atoms with van der Waals surface area (Å²) in [6.07, 6.45) is 3.98. The van der Waals surface area contributed by atoms with E-state index in [0.717, 1.165) is 17.9 Å². The van der Waals surface area contributed by atoms with Gasteiger partial charge in [0.1, 0.15) is 5.69 Å². The maximum atomic E-state index is 8.74. The van der Waals surface area contributed by atoms with Crippen LogP contribution in [0.25, 0.3) is 0 Å². The molecule has 0 aromatic carbocycles. The van der Waals surface area contributed by atoms with Crippen LogP contribution in [0, 0.1) is 5.92 Å². The van der Waals surface area contributed by atoms with Crippen LogP contribution >= 0.6 is 0 Å². The first kappa shape index (κ1) is 15.4. The summed E-state index contributed by atoms with van der Waals surface area (Å²) in [6, 6.07) is 4.22. The van der Waals surface area contributed by atoms with E-state index in [2.05, 4.69) is 36.2 Å². The molecule has 0 amide bonds. The molecule has 1 aromatic rings. The number of nitrogens with two attached hydrogens (primary N) is 1. The van der Waals surface area contributed by atoms with Crippen LogP contribution in [0.4, 0.5) is 0 Å². The fraction of sp³-hybridized carbons (Fsp3) is 0.571. The fourth-order valence-corrected chi connectivity index (χ4v) is 1.83. The Balaban J connectivity index is 2.58. The van der Waals surface area contributed by atoms with Gasteiger partial charge in [-0.2, -0.15) is 0 Å². The highest BCUT2D eigenvalue weighted by molar-refractivity contribution is 5.96. The third kappa shape index (κ3) is 5.26. The molecule has 1 heterocycles. The standard InChI is InChI=1S/C14H24N4O/c1-10(2)6-7-11(3)17-9-12-5-4-8-16-13(12)14(15)18-19/h4-5,8,10-11,17,19H,6-7,9H2,1-3H3,(H2,15,18). The third-order valence-electron chi connectivity index (χ3n) is 3.06. The summed E-state index contributed by atoms with van der Waals surface area (Å²) < 4.78 is 0. The van der Waals surface area contributed by atoms with E-state index in [4.69, 9.17) is 10.9 Å². The van der Waals surface area contributed by atoms with Crippen LogP contribution in [-0.4, -0.2) is 22.1 Å². The Bertz CT molecular complexity index is 418. The molecule has 0 saturated heterocycles. The van der Waals surface area contributed by atoms with Gasteiger partial charge in [0.2, 0.25) is 0 Å². The first-order valence-corrected chi connectivity index (χ1v) is 6.69. The molecule has 0 fully saturated rings. The average molecular weight is 264 g/mol. The van der Waals surface area contributed by atoms with E-state index in [1.807, 2.05) is 12.1 Å². The molecule has 0 aliphatic carbocycles. The second-order valence-corrected chi connectivity index (χ2v) is 5.25. The summed E-state index contributed by atoms with van der Waals surface area (Å²) >= 11 is 0. The summed E-state index contributed by atoms with van der Waals surface area (Å²) in [5.41, 5.74) is 7.08. The minimum absolute atomic E-state index is 0.0484. The second-order valence-electron chi connectivity index (χ2n) is 5.25. The Morgan fingerprint density at radius 2 is 2.16 bits per heavy atom. The molecule has 1 rings (SSSR count). The van der Waals surface area contributed by atoms with Gasteiger partial charge in [-0.3, -0.25) is 4.98 Å². The monoisotopic (exact) mass is 264 g/mol. The van der Waals surface area contributed by atoms with Crippen molar-refractivity contribution in [2.75, 3.05) is 0 Å². The number of hydrogen-bond donors (Lipinski definition) is 3. The number of aromatic nitrogens is 1. The summed E-state index contributed by atoms with van der Waals surface area (Å²) in [6.45, 7) is 7.29. The van der Waals surface area contributed by atoms with Crippen molar-refractivity contribution in [1.29, 1.82) is 0 Å². The minimum atomic E-state index is 0.0484. The van der Waals surface area contributed by atoms with Crippen molar-refractivity contribution in [2.24, 2.45) is 16.8 Å². The maximum absolute atomic E-state index is 8.74. The number of oxime groups is 1. The lowest BCUT2D eigenvalue weighted by molar-refractivity contribution is 0.318. The Hall–Kier alpha value is -1.62. The molecule has 0 aliphatic rings. The topological polar surface area (TPSA) is 83.5 Å². The lowest BCUT2D eigenvalue weighted by Gasteiger charge is -2.16. The molecule has 0 radical (unpaired) electrons. The van der Waals surface area contributed by atoms with Crippen LogP contribution in [-0.2, 0) is 6.54 Å². The van der Waals surface area contributed by atoms with E-state index in [1.165, 1.54) is 6.42 Å². The first-order valence-electron chi connectivity index (χ1n) is 6.69. The SMILES string of the molecule is CC(C)CCC(C)NCc1cccnc1C(N)=NO. The van der Waals surface area contributed by atoms with Crippen LogP contribution < -0.4 is 11.1 Å². The molecule has 0 saturated carbocycles. The summed E-state index contributed by atoms with van der Waals surface area (Å²) in [5, 5.41) is 15.2. The van der Waals surface area contributed by atoms with Gasteiger partial charge in [-0.05, 0) is 37.3 Å². The zero-order valence-electron chi connectivity index (χ0n) is 11.9. The van der Waals surface area contributed by atoms with Gasteiger partial charge >= 0.3 is 0 Å². The van der Waals surface area contributed by atoms with Crippen LogP contribution in [0.15, 0.2) is 23.5 Å². The molecule has 5 heteroatoms. The largest absolute Gasteiger partial charge is 0.409 e. The van der Waals surface area contributed by atoms with Crippen LogP contribution in [0.1, 0.15) is 44.9 Å². The molecule has 106 valence electrons. The third-order valence-corrected chi connectivity index (χ3v) is 3.06. The van der Waals surface area contributed by atoms with Crippen LogP contribution in [0.2, 0.25) is 0 Å². The molecule has 1 aromatic heterocycles. The molecular weight excluding hydrogens is 240 g/mol. The number of hydrogen-bond acceptors (Lipinski definition) is 4. The van der Waals surface area contributed by atoms with Crippen molar-refractivity contribution in [3.05, 3.63) is 29.6 Å². The highest BCUT2D eigenvalue weighted by atomic mass is 16.4. The molecule has 1 unspecified atom stereocenters. The summed E-state index contributed by atoms with van der Waals surface area (Å²) in [5.74, 6) is 0.766. The Morgan fingerprint density at radius 1 is 1.42 bits per heavy atom. The average Bonchev–Trinajstić information content (AvgIpc) is 2.42. The molecule has 5 nitrogen and oxygen atoms in total. The van der Waals surface area contributed by atoms with Crippen molar-refractivity contribution in [2.45, 2.75) is 46.2 Å². The van der Waals surface area contributed by atoms with Gasteiger partial charge in [0.05, 0.1) is 0 Å². The predicted molar refractivity (Wildman–Crippen MR) is 77.1 cm³/mol. The first-order chi connectivity index (χ1) is 9.04. The molecule has 4 N–H and O–H groups in total. The molecule has 1 atom stereocenters. The quantitative estimate of drug-likeness (QED) is 0.305. The number of amidine groups is 1. The maximum Gasteiger partial charge on any atom is 0.189 e. The second kappa shape index (κ2) is 7.74. The Kier molecular flexibility index (Phi) is 6.29. The van der Waals surface area contributed by atoms with E-state index in [1.54, 1.807) is 6.20 Å². The van der Waals surface area contributed by atoms with Gasteiger partial charge < -0.3 is 16.3 Å². The molecule has 0 aliphatic heterocycles. The van der Waals surface area contributed by atoms with Crippen LogP contribution in [0.3, 0.4) is 0 Å². The molecule has 19 heavy (non-hydrogen) atoms. The van der Waals surface area contributed by atoms with Gasteiger partial charge in [-0.15, -0.1) is 0 Å². The summed E-state index contributed by atoms with van der Waals surface area (Å²) in [4.78, 5) is 4.15. The number of nitrogens with zero attached hydrogens (tertiary/aromatic N) is 2. The van der Waals surface area contributed by atoms with Crippen molar-refractivity contribution in [1.82, 2.24) is 10.3 Å². The van der Waals surface area contributed by atoms with Crippen molar-refractivity contribution in [3.63, 3.8) is 0 Å². The zero-order chi connectivity index (χ0) is 14.3. The zero-order valence-corrected chi connectivity index (χ0v) is 11.9.